The second-order valence-electron chi connectivity index (χ2n) is 6.90. The lowest BCUT2D eigenvalue weighted by Crippen LogP contribution is -2.48. The van der Waals surface area contributed by atoms with Crippen molar-refractivity contribution in [2.24, 2.45) is 4.99 Å². The smallest absolute Gasteiger partial charge is 0.321 e. The van der Waals surface area contributed by atoms with E-state index >= 15 is 0 Å². The molecule has 0 saturated carbocycles. The van der Waals surface area contributed by atoms with Crippen molar-refractivity contribution in [2.75, 3.05) is 0 Å². The molecule has 1 aliphatic heterocycles. The van der Waals surface area contributed by atoms with E-state index in [1.54, 1.807) is 25.1 Å². The Morgan fingerprint density at radius 1 is 1.07 bits per heavy atom. The molecule has 1 aromatic carbocycles. The third kappa shape index (κ3) is 3.26. The molecule has 4 rings (SSSR count). The summed E-state index contributed by atoms with van der Waals surface area (Å²) in [6.07, 6.45) is 2.35. The number of nitrogens with one attached hydrogen (secondary N) is 1. The molecular weight excluding hydrogens is 400 g/mol. The third-order valence-electron chi connectivity index (χ3n) is 5.18. The van der Waals surface area contributed by atoms with E-state index in [1.165, 1.54) is 30.5 Å². The maximum Gasteiger partial charge on any atom is 0.321 e. The summed E-state index contributed by atoms with van der Waals surface area (Å²) in [5, 5.41) is 3.25. The normalized spacial score (nSPS) is 20.9. The maximum absolute atomic E-state index is 13.5. The fraction of sp³-hybridized carbons (Fsp3) is 0.190. The average Bonchev–Trinajstić information content (AvgIpc) is 3.07. The molecule has 1 aliphatic rings. The number of aliphatic imine (C=N–C) groups is 1. The quantitative estimate of drug-likeness (QED) is 0.522. The summed E-state index contributed by atoms with van der Waals surface area (Å²) in [5.74, 6) is -0.779. The van der Waals surface area contributed by atoms with E-state index in [0.29, 0.717) is 27.1 Å². The number of halogens is 4. The van der Waals surface area contributed by atoms with E-state index in [4.69, 9.17) is 0 Å². The van der Waals surface area contributed by atoms with Crippen molar-refractivity contribution in [1.29, 1.82) is 0 Å². The van der Waals surface area contributed by atoms with Gasteiger partial charge in [-0.3, -0.25) is 14.4 Å². The third-order valence-corrected chi connectivity index (χ3v) is 5.18. The van der Waals surface area contributed by atoms with Crippen molar-refractivity contribution in [3.05, 3.63) is 99.7 Å². The Labute approximate surface area is 168 Å². The molecule has 0 fully saturated rings. The van der Waals surface area contributed by atoms with Gasteiger partial charge in [-0.1, -0.05) is 18.2 Å². The number of alkyl halides is 2. The highest BCUT2D eigenvalue weighted by Crippen LogP contribution is 2.38. The molecule has 0 radical (unpaired) electrons. The molecule has 154 valence electrons. The number of pyridine rings is 2. The average molecular weight is 416 g/mol. The standard InChI is InChI=1S/C21H16F4N4O/c1-12-21(14-2-5-16(22)6-3-14,15-4-7-17(23)26-11-15)28-19(27-12)13-8-9-29(20(24)25)18(30)10-13/h2-12,20H,1H3,(H,27,28)/t12-,21-/m0/s1. The Kier molecular flexibility index (Phi) is 4.89. The first-order valence-corrected chi connectivity index (χ1v) is 9.06. The zero-order chi connectivity index (χ0) is 21.5. The number of benzene rings is 1. The van der Waals surface area contributed by atoms with Crippen LogP contribution in [-0.2, 0) is 5.54 Å². The van der Waals surface area contributed by atoms with Crippen LogP contribution in [-0.4, -0.2) is 21.4 Å². The van der Waals surface area contributed by atoms with Crippen LogP contribution in [0.1, 0.15) is 30.2 Å². The van der Waals surface area contributed by atoms with Gasteiger partial charge in [0.2, 0.25) is 5.95 Å². The van der Waals surface area contributed by atoms with Gasteiger partial charge < -0.3 is 5.32 Å². The fourth-order valence-electron chi connectivity index (χ4n) is 3.67. The molecule has 2 aromatic heterocycles. The second kappa shape index (κ2) is 7.40. The van der Waals surface area contributed by atoms with Crippen molar-refractivity contribution in [1.82, 2.24) is 14.9 Å². The van der Waals surface area contributed by atoms with Crippen molar-refractivity contribution < 1.29 is 17.6 Å². The van der Waals surface area contributed by atoms with Crippen LogP contribution in [0.2, 0.25) is 0 Å². The van der Waals surface area contributed by atoms with Crippen molar-refractivity contribution in [2.45, 2.75) is 25.1 Å². The number of rotatable bonds is 4. The summed E-state index contributed by atoms with van der Waals surface area (Å²) in [6.45, 7) is -1.15. The Morgan fingerprint density at radius 3 is 2.37 bits per heavy atom. The molecule has 1 N–H and O–H groups in total. The summed E-state index contributed by atoms with van der Waals surface area (Å²) >= 11 is 0. The molecule has 0 amide bonds. The first kappa shape index (κ1) is 19.8. The molecule has 0 spiro atoms. The molecule has 0 aliphatic carbocycles. The van der Waals surface area contributed by atoms with E-state index in [-0.39, 0.29) is 0 Å². The van der Waals surface area contributed by atoms with Crippen LogP contribution in [0.25, 0.3) is 0 Å². The number of aromatic nitrogens is 2. The number of nitrogens with zero attached hydrogens (tertiary/aromatic N) is 3. The van der Waals surface area contributed by atoms with Crippen LogP contribution < -0.4 is 10.9 Å². The zero-order valence-corrected chi connectivity index (χ0v) is 15.7. The van der Waals surface area contributed by atoms with E-state index in [9.17, 15) is 22.4 Å². The zero-order valence-electron chi connectivity index (χ0n) is 15.7. The molecule has 3 aromatic rings. The Hall–Kier alpha value is -3.49. The van der Waals surface area contributed by atoms with Crippen molar-refractivity contribution >= 4 is 5.84 Å². The minimum atomic E-state index is -2.95. The van der Waals surface area contributed by atoms with Crippen LogP contribution >= 0.6 is 0 Å². The van der Waals surface area contributed by atoms with Gasteiger partial charge in [0.25, 0.3) is 5.56 Å². The van der Waals surface area contributed by atoms with Crippen LogP contribution in [0.5, 0.6) is 0 Å². The van der Waals surface area contributed by atoms with Gasteiger partial charge in [0.1, 0.15) is 17.2 Å². The minimum Gasteiger partial charge on any atom is -0.354 e. The van der Waals surface area contributed by atoms with E-state index in [2.05, 4.69) is 15.3 Å². The van der Waals surface area contributed by atoms with Gasteiger partial charge >= 0.3 is 6.55 Å². The lowest BCUT2D eigenvalue weighted by molar-refractivity contribution is 0.0663. The molecule has 0 unspecified atom stereocenters. The van der Waals surface area contributed by atoms with Gasteiger partial charge in [0, 0.05) is 29.6 Å². The van der Waals surface area contributed by atoms with Gasteiger partial charge in [-0.25, -0.2) is 9.37 Å². The lowest BCUT2D eigenvalue weighted by Gasteiger charge is -2.34. The van der Waals surface area contributed by atoms with Gasteiger partial charge in [-0.05, 0) is 36.8 Å². The summed E-state index contributed by atoms with van der Waals surface area (Å²) in [6, 6.07) is 10.4. The van der Waals surface area contributed by atoms with Crippen molar-refractivity contribution in [3.63, 3.8) is 0 Å². The van der Waals surface area contributed by atoms with E-state index < -0.39 is 35.5 Å². The van der Waals surface area contributed by atoms with Crippen LogP contribution in [0, 0.1) is 11.8 Å². The summed E-state index contributed by atoms with van der Waals surface area (Å²) in [7, 11) is 0. The van der Waals surface area contributed by atoms with Gasteiger partial charge in [-0.15, -0.1) is 0 Å². The highest BCUT2D eigenvalue weighted by molar-refractivity contribution is 6.01. The Morgan fingerprint density at radius 2 is 1.77 bits per heavy atom. The van der Waals surface area contributed by atoms with E-state index in [0.717, 1.165) is 12.3 Å². The van der Waals surface area contributed by atoms with E-state index in [1.807, 2.05) is 0 Å². The largest absolute Gasteiger partial charge is 0.354 e. The summed E-state index contributed by atoms with van der Waals surface area (Å²) in [5.41, 5.74) is -0.362. The number of hydrogen-bond donors (Lipinski definition) is 1. The maximum atomic E-state index is 13.5. The predicted octanol–water partition coefficient (Wildman–Crippen LogP) is 3.60. The summed E-state index contributed by atoms with van der Waals surface area (Å²) < 4.78 is 53.0. The Balaban J connectivity index is 1.81. The molecular formula is C21H16F4N4O. The minimum absolute atomic E-state index is 0.301. The van der Waals surface area contributed by atoms with Gasteiger partial charge in [0.05, 0.1) is 6.04 Å². The highest BCUT2D eigenvalue weighted by Gasteiger charge is 2.45. The van der Waals surface area contributed by atoms with Gasteiger partial charge in [0.15, 0.2) is 0 Å². The number of amidine groups is 1. The monoisotopic (exact) mass is 416 g/mol. The van der Waals surface area contributed by atoms with Crippen molar-refractivity contribution in [3.8, 4) is 0 Å². The SMILES string of the molecule is C[C@@H]1N=C(c2ccn(C(F)F)c(=O)c2)N[C@@]1(c1ccc(F)cc1)c1ccc(F)nc1. The number of hydrogen-bond acceptors (Lipinski definition) is 4. The van der Waals surface area contributed by atoms with Gasteiger partial charge in [-0.2, -0.15) is 13.2 Å². The molecule has 9 heteroatoms. The Bertz CT molecular complexity index is 1110. The van der Waals surface area contributed by atoms with Crippen LogP contribution in [0.3, 0.4) is 0 Å². The topological polar surface area (TPSA) is 59.3 Å². The fourth-order valence-corrected chi connectivity index (χ4v) is 3.67. The molecule has 0 saturated heterocycles. The lowest BCUT2D eigenvalue weighted by atomic mass is 9.79. The van der Waals surface area contributed by atoms with Crippen LogP contribution in [0.15, 0.2) is 70.7 Å². The second-order valence-corrected chi connectivity index (χ2v) is 6.90. The summed E-state index contributed by atoms with van der Waals surface area (Å²) in [4.78, 5) is 20.3. The first-order chi connectivity index (χ1) is 14.3. The highest BCUT2D eigenvalue weighted by atomic mass is 19.3. The van der Waals surface area contributed by atoms with Crippen LogP contribution in [0.4, 0.5) is 17.6 Å². The molecule has 3 heterocycles. The predicted molar refractivity (Wildman–Crippen MR) is 102 cm³/mol. The molecule has 5 nitrogen and oxygen atoms in total. The molecule has 2 atom stereocenters. The molecule has 0 bridgehead atoms. The molecule has 30 heavy (non-hydrogen) atoms. The first-order valence-electron chi connectivity index (χ1n) is 9.06.